The van der Waals surface area contributed by atoms with Crippen LogP contribution in [0.15, 0.2) is 77.9 Å². The number of nitrogens with zero attached hydrogens (tertiary/aromatic N) is 2. The van der Waals surface area contributed by atoms with Crippen LogP contribution in [0, 0.1) is 0 Å². The fourth-order valence-corrected chi connectivity index (χ4v) is 4.19. The number of rotatable bonds is 6. The molecule has 1 aliphatic rings. The molecule has 0 aromatic heterocycles. The maximum absolute atomic E-state index is 14.5. The first kappa shape index (κ1) is 26.3. The number of carbonyl (C=O) groups is 2. The van der Waals surface area contributed by atoms with Crippen molar-refractivity contribution in [3.05, 3.63) is 94.5 Å². The Morgan fingerprint density at radius 3 is 2.08 bits per heavy atom. The zero-order chi connectivity index (χ0) is 27.0. The number of amides is 1. The van der Waals surface area contributed by atoms with Crippen molar-refractivity contribution in [2.24, 2.45) is 5.10 Å². The molecule has 0 fully saturated rings. The molecule has 192 valence electrons. The summed E-state index contributed by atoms with van der Waals surface area (Å²) in [6, 6.07) is 16.1. The molecule has 1 amide bonds. The van der Waals surface area contributed by atoms with Crippen LogP contribution >= 0.6 is 11.6 Å². The van der Waals surface area contributed by atoms with Crippen molar-refractivity contribution < 1.29 is 36.6 Å². The average molecular weight is 537 g/mol. The summed E-state index contributed by atoms with van der Waals surface area (Å²) in [5.74, 6) is -7.85. The second kappa shape index (κ2) is 9.93. The highest BCUT2D eigenvalue weighted by atomic mass is 35.5. The smallest absolute Gasteiger partial charge is 0.416 e. The van der Waals surface area contributed by atoms with E-state index in [0.29, 0.717) is 32.3 Å². The van der Waals surface area contributed by atoms with Gasteiger partial charge >= 0.3 is 24.0 Å². The van der Waals surface area contributed by atoms with Gasteiger partial charge in [-0.2, -0.15) is 27.1 Å². The van der Waals surface area contributed by atoms with Gasteiger partial charge in [0.15, 0.2) is 0 Å². The largest absolute Gasteiger partial charge is 0.481 e. The third kappa shape index (κ3) is 5.64. The van der Waals surface area contributed by atoms with E-state index in [1.54, 1.807) is 36.4 Å². The Balaban J connectivity index is 1.76. The number of aliphatic carboxylic acids is 1. The summed E-state index contributed by atoms with van der Waals surface area (Å²) in [7, 11) is 0. The molecule has 37 heavy (non-hydrogen) atoms. The van der Waals surface area contributed by atoms with Crippen LogP contribution in [-0.4, -0.2) is 33.6 Å². The Labute approximate surface area is 212 Å². The molecule has 3 aromatic rings. The molecular weight excluding hydrogens is 519 g/mol. The highest BCUT2D eigenvalue weighted by molar-refractivity contribution is 6.30. The van der Waals surface area contributed by atoms with Crippen LogP contribution in [0.5, 0.6) is 0 Å². The topological polar surface area (TPSA) is 70.0 Å². The summed E-state index contributed by atoms with van der Waals surface area (Å²) in [5.41, 5.74) is 1.18. The van der Waals surface area contributed by atoms with Gasteiger partial charge in [-0.05, 0) is 41.0 Å². The highest BCUT2D eigenvalue weighted by Gasteiger charge is 2.48. The molecule has 1 aliphatic heterocycles. The van der Waals surface area contributed by atoms with Gasteiger partial charge < -0.3 is 5.11 Å². The molecule has 11 heteroatoms. The maximum atomic E-state index is 14.5. The lowest BCUT2D eigenvalue weighted by molar-refractivity contribution is -0.167. The third-order valence-electron chi connectivity index (χ3n) is 5.82. The van der Waals surface area contributed by atoms with Crippen LogP contribution in [0.25, 0.3) is 11.1 Å². The average Bonchev–Trinajstić information content (AvgIpc) is 3.28. The molecule has 1 N–H and O–H groups in total. The number of benzene rings is 3. The maximum Gasteiger partial charge on any atom is 0.416 e. The second-order valence-electron chi connectivity index (χ2n) is 8.36. The molecule has 3 aromatic carbocycles. The fourth-order valence-electron chi connectivity index (χ4n) is 4.06. The van der Waals surface area contributed by atoms with E-state index in [4.69, 9.17) is 16.7 Å². The summed E-state index contributed by atoms with van der Waals surface area (Å²) < 4.78 is 68.1. The van der Waals surface area contributed by atoms with Crippen molar-refractivity contribution in [2.75, 3.05) is 0 Å². The van der Waals surface area contributed by atoms with Gasteiger partial charge in [-0.25, -0.2) is 5.01 Å². The van der Waals surface area contributed by atoms with Gasteiger partial charge in [-0.1, -0.05) is 60.1 Å². The molecule has 0 aliphatic carbocycles. The first-order valence-electron chi connectivity index (χ1n) is 10.9. The normalized spacial score (nSPS) is 16.0. The van der Waals surface area contributed by atoms with Crippen molar-refractivity contribution in [2.45, 2.75) is 31.0 Å². The molecule has 0 bridgehead atoms. The predicted molar refractivity (Wildman–Crippen MR) is 126 cm³/mol. The van der Waals surface area contributed by atoms with Gasteiger partial charge in [-0.15, -0.1) is 0 Å². The summed E-state index contributed by atoms with van der Waals surface area (Å²) in [4.78, 5) is 23.7. The first-order valence-corrected chi connectivity index (χ1v) is 11.3. The van der Waals surface area contributed by atoms with E-state index in [1.807, 2.05) is 0 Å². The lowest BCUT2D eigenvalue weighted by Gasteiger charge is -2.25. The van der Waals surface area contributed by atoms with E-state index in [0.717, 1.165) is 12.1 Å². The van der Waals surface area contributed by atoms with Crippen LogP contribution in [0.2, 0.25) is 5.02 Å². The summed E-state index contributed by atoms with van der Waals surface area (Å²) in [6.07, 6.45) is -6.22. The highest BCUT2D eigenvalue weighted by Crippen LogP contribution is 2.39. The SMILES string of the molecule is O=C(O)CC(F)(F)C(=O)N1N=C(c2ccccc2-c2ccc(C(F)(F)F)cc2)CC1c1ccc(Cl)cc1. The Hall–Kier alpha value is -3.79. The Morgan fingerprint density at radius 2 is 1.51 bits per heavy atom. The van der Waals surface area contributed by atoms with E-state index in [-0.39, 0.29) is 12.1 Å². The van der Waals surface area contributed by atoms with E-state index in [9.17, 15) is 31.5 Å². The van der Waals surface area contributed by atoms with Crippen LogP contribution in [0.4, 0.5) is 22.0 Å². The third-order valence-corrected chi connectivity index (χ3v) is 6.07. The van der Waals surface area contributed by atoms with Crippen LogP contribution < -0.4 is 0 Å². The number of hydrazone groups is 1. The zero-order valence-corrected chi connectivity index (χ0v) is 19.6. The fraction of sp³-hybridized carbons (Fsp3) is 0.192. The number of hydrogen-bond acceptors (Lipinski definition) is 3. The molecule has 1 atom stereocenters. The van der Waals surface area contributed by atoms with Crippen LogP contribution in [0.3, 0.4) is 0 Å². The van der Waals surface area contributed by atoms with Crippen molar-refractivity contribution in [1.29, 1.82) is 0 Å². The van der Waals surface area contributed by atoms with Crippen molar-refractivity contribution in [3.8, 4) is 11.1 Å². The minimum atomic E-state index is -4.51. The molecule has 1 unspecified atom stereocenters. The van der Waals surface area contributed by atoms with E-state index >= 15 is 0 Å². The van der Waals surface area contributed by atoms with Gasteiger partial charge in [-0.3, -0.25) is 9.59 Å². The number of carboxylic acids is 1. The van der Waals surface area contributed by atoms with Crippen molar-refractivity contribution in [1.82, 2.24) is 5.01 Å². The monoisotopic (exact) mass is 536 g/mol. The van der Waals surface area contributed by atoms with Crippen molar-refractivity contribution in [3.63, 3.8) is 0 Å². The molecule has 0 saturated carbocycles. The molecule has 4 rings (SSSR count). The van der Waals surface area contributed by atoms with Gasteiger partial charge in [0, 0.05) is 17.0 Å². The van der Waals surface area contributed by atoms with Gasteiger partial charge in [0.25, 0.3) is 0 Å². The number of carbonyl (C=O) groups excluding carboxylic acids is 1. The van der Waals surface area contributed by atoms with E-state index < -0.39 is 42.0 Å². The number of carboxylic acid groups (broad SMARTS) is 1. The van der Waals surface area contributed by atoms with Gasteiger partial charge in [0.2, 0.25) is 0 Å². The molecule has 0 saturated heterocycles. The molecule has 0 radical (unpaired) electrons. The molecule has 0 spiro atoms. The molecule has 1 heterocycles. The first-order chi connectivity index (χ1) is 17.4. The van der Waals surface area contributed by atoms with Gasteiger partial charge in [0.05, 0.1) is 17.3 Å². The number of alkyl halides is 5. The quantitative estimate of drug-likeness (QED) is 0.352. The summed E-state index contributed by atoms with van der Waals surface area (Å²) in [6.45, 7) is 0. The van der Waals surface area contributed by atoms with Crippen LogP contribution in [-0.2, 0) is 15.8 Å². The zero-order valence-electron chi connectivity index (χ0n) is 18.8. The van der Waals surface area contributed by atoms with E-state index in [1.165, 1.54) is 24.3 Å². The van der Waals surface area contributed by atoms with Crippen molar-refractivity contribution >= 4 is 29.2 Å². The molecule has 5 nitrogen and oxygen atoms in total. The minimum Gasteiger partial charge on any atom is -0.481 e. The Bertz CT molecular complexity index is 1360. The second-order valence-corrected chi connectivity index (χ2v) is 8.80. The van der Waals surface area contributed by atoms with Gasteiger partial charge in [0.1, 0.15) is 6.42 Å². The van der Waals surface area contributed by atoms with Crippen LogP contribution in [0.1, 0.15) is 35.6 Å². The molecular formula is C26H18ClF5N2O3. The lowest BCUT2D eigenvalue weighted by Crippen LogP contribution is -2.42. The Morgan fingerprint density at radius 1 is 0.919 bits per heavy atom. The Kier molecular flexibility index (Phi) is 7.05. The summed E-state index contributed by atoms with van der Waals surface area (Å²) in [5, 5.41) is 14.0. The number of hydrogen-bond donors (Lipinski definition) is 1. The predicted octanol–water partition coefficient (Wildman–Crippen LogP) is 6.81. The number of halogens is 6. The standard InChI is InChI=1S/C26H18ClF5N2O3/c27-18-11-7-16(8-12-18)22-13-21(33-34(22)24(37)25(28,29)14-23(35)36)20-4-2-1-3-19(20)15-5-9-17(10-6-15)26(30,31)32/h1-12,22H,13-14H2,(H,35,36). The minimum absolute atomic E-state index is 0.00578. The van der Waals surface area contributed by atoms with E-state index in [2.05, 4.69) is 5.10 Å². The summed E-state index contributed by atoms with van der Waals surface area (Å²) >= 11 is 5.93. The lowest BCUT2D eigenvalue weighted by atomic mass is 9.92.